The maximum absolute atomic E-state index is 15.1. The van der Waals surface area contributed by atoms with E-state index in [4.69, 9.17) is 11.6 Å². The fourth-order valence-electron chi connectivity index (χ4n) is 12.8. The number of hydrogen-bond donors (Lipinski definition) is 2. The number of rotatable bonds is 8. The molecule has 4 aliphatic rings. The Morgan fingerprint density at radius 3 is 1.82 bits per heavy atom. The highest BCUT2D eigenvalue weighted by Gasteiger charge is 2.48. The number of carbonyl (C=O) groups excluding carboxylic acids is 11. The number of halogens is 4. The molecule has 0 aromatic heterocycles. The second-order valence-corrected chi connectivity index (χ2v) is 26.7. The van der Waals surface area contributed by atoms with Crippen LogP contribution in [0.4, 0.5) is 13.2 Å². The lowest BCUT2D eigenvalue weighted by atomic mass is 9.82. The van der Waals surface area contributed by atoms with Crippen molar-refractivity contribution in [1.29, 1.82) is 0 Å². The van der Waals surface area contributed by atoms with Crippen LogP contribution in [0.1, 0.15) is 155 Å². The normalized spacial score (nSPS) is 26.9. The van der Waals surface area contributed by atoms with E-state index in [0.717, 1.165) is 78.2 Å². The van der Waals surface area contributed by atoms with E-state index in [9.17, 15) is 56.3 Å². The molecule has 26 heteroatoms. The summed E-state index contributed by atoms with van der Waals surface area (Å²) >= 11 is 6.12. The number of carbonyl (C=O) groups is 11. The first kappa shape index (κ1) is 74.2. The van der Waals surface area contributed by atoms with Crippen LogP contribution in [0.5, 0.6) is 0 Å². The van der Waals surface area contributed by atoms with E-state index in [0.29, 0.717) is 31.2 Å². The van der Waals surface area contributed by atoms with E-state index in [-0.39, 0.29) is 50.5 Å². The highest BCUT2D eigenvalue weighted by Crippen LogP contribution is 2.37. The molecule has 22 nitrogen and oxygen atoms in total. The van der Waals surface area contributed by atoms with Gasteiger partial charge in [0.1, 0.15) is 41.8 Å². The highest BCUT2D eigenvalue weighted by molar-refractivity contribution is 6.31. The van der Waals surface area contributed by atoms with Gasteiger partial charge in [-0.3, -0.25) is 52.7 Å². The number of alkyl halides is 3. The Bertz CT molecular complexity index is 2780. The molecule has 4 fully saturated rings. The van der Waals surface area contributed by atoms with Crippen LogP contribution in [0.15, 0.2) is 18.2 Å². The molecule has 0 bridgehead atoms. The minimum atomic E-state index is -4.75. The molecule has 0 radical (unpaired) electrons. The Hall–Kier alpha value is -6.53. The Morgan fingerprint density at radius 2 is 1.23 bits per heavy atom. The molecule has 2 saturated carbocycles. The summed E-state index contributed by atoms with van der Waals surface area (Å²) in [5.41, 5.74) is -2.39. The van der Waals surface area contributed by atoms with Gasteiger partial charge in [-0.05, 0) is 108 Å². The number of hydrogen-bond acceptors (Lipinski definition) is 11. The van der Waals surface area contributed by atoms with Gasteiger partial charge in [0.2, 0.25) is 65.0 Å². The van der Waals surface area contributed by atoms with Crippen molar-refractivity contribution in [2.24, 2.45) is 17.8 Å². The average molecular weight is 1290 g/mol. The molecule has 1 unspecified atom stereocenters. The zero-order valence-corrected chi connectivity index (χ0v) is 56.1. The van der Waals surface area contributed by atoms with Crippen LogP contribution in [0.2, 0.25) is 5.02 Å². The molecule has 0 spiro atoms. The van der Waals surface area contributed by atoms with E-state index in [1.807, 2.05) is 6.92 Å². The standard InChI is InChI=1S/C64H99ClF3N11O11/c1-15-39(2)54-60(88)73(9)37-52(82)71(7)38-53(83)76(12)49(35-42-23-18-16-19-24-42)58(86)72(8)36-50(80)69-47(31-29-43-28-30-45(46(65)34-43)64(66,67)68)57(85)79-32-22-27-48(79)59(87)78(14)63(5,6)62(90)77(13)55(44-25-20-17-21-26-44)61(89)74(10)40(3)33-51(81)75(11)41(4)56(84)70-54/h28,30,34,39-42,44,47-49,54-55H,15-27,29,31-33,35-38H2,1-14H3,(H,69,80)(H,70,84)/t39?,40-,41+,47+,48+,49+,54+,55+/m1/s1. The summed E-state index contributed by atoms with van der Waals surface area (Å²) in [6, 6.07) is -4.49. The first-order valence-corrected chi connectivity index (χ1v) is 32.3. The van der Waals surface area contributed by atoms with Crippen LogP contribution in [-0.2, 0) is 65.3 Å². The molecule has 11 amide bonds. The van der Waals surface area contributed by atoms with Crippen molar-refractivity contribution in [3.8, 4) is 0 Å². The molecule has 2 aliphatic heterocycles. The minimum absolute atomic E-state index is 0.0340. The van der Waals surface area contributed by atoms with E-state index < -0.39 is 155 Å². The molecule has 2 saturated heterocycles. The molecule has 504 valence electrons. The van der Waals surface area contributed by atoms with Gasteiger partial charge >= 0.3 is 6.18 Å². The van der Waals surface area contributed by atoms with E-state index >= 15 is 9.59 Å². The molecule has 2 N–H and O–H groups in total. The number of nitrogens with one attached hydrogen (secondary N) is 2. The molecule has 8 atom stereocenters. The number of aryl methyl sites for hydroxylation is 1. The van der Waals surface area contributed by atoms with Gasteiger partial charge in [0, 0.05) is 75.4 Å². The third-order valence-electron chi connectivity index (χ3n) is 19.6. The topological polar surface area (TPSA) is 241 Å². The van der Waals surface area contributed by atoms with Crippen LogP contribution >= 0.6 is 11.6 Å². The maximum atomic E-state index is 15.1. The molecule has 1 aromatic carbocycles. The minimum Gasteiger partial charge on any atom is -0.343 e. The lowest BCUT2D eigenvalue weighted by molar-refractivity contribution is -0.159. The maximum Gasteiger partial charge on any atom is 0.417 e. The Morgan fingerprint density at radius 1 is 0.644 bits per heavy atom. The Kier molecular flexibility index (Phi) is 26.5. The van der Waals surface area contributed by atoms with Crippen LogP contribution in [0.25, 0.3) is 0 Å². The van der Waals surface area contributed by atoms with Gasteiger partial charge in [0.15, 0.2) is 0 Å². The molecule has 5 rings (SSSR count). The Balaban J connectivity index is 1.55. The van der Waals surface area contributed by atoms with Crippen molar-refractivity contribution in [3.63, 3.8) is 0 Å². The molecular weight excluding hydrogens is 1190 g/mol. The van der Waals surface area contributed by atoms with Gasteiger partial charge in [0.25, 0.3) is 0 Å². The quantitative estimate of drug-likeness (QED) is 0.342. The first-order chi connectivity index (χ1) is 42.0. The number of amides is 11. The van der Waals surface area contributed by atoms with Gasteiger partial charge in [-0.2, -0.15) is 13.2 Å². The summed E-state index contributed by atoms with van der Waals surface area (Å²) < 4.78 is 41.3. The van der Waals surface area contributed by atoms with Crippen LogP contribution in [0, 0.1) is 17.8 Å². The largest absolute Gasteiger partial charge is 0.417 e. The van der Waals surface area contributed by atoms with Crippen molar-refractivity contribution < 1.29 is 65.9 Å². The average Bonchev–Trinajstić information content (AvgIpc) is 1.27. The van der Waals surface area contributed by atoms with E-state index in [1.54, 1.807) is 34.7 Å². The van der Waals surface area contributed by atoms with Crippen molar-refractivity contribution in [1.82, 2.24) is 54.7 Å². The number of benzene rings is 1. The lowest BCUT2D eigenvalue weighted by Crippen LogP contribution is -2.64. The highest BCUT2D eigenvalue weighted by atomic mass is 35.5. The van der Waals surface area contributed by atoms with Crippen LogP contribution in [0.3, 0.4) is 0 Å². The second-order valence-electron chi connectivity index (χ2n) is 26.3. The smallest absolute Gasteiger partial charge is 0.343 e. The lowest BCUT2D eigenvalue weighted by Gasteiger charge is -2.44. The van der Waals surface area contributed by atoms with Gasteiger partial charge in [-0.15, -0.1) is 0 Å². The zero-order valence-electron chi connectivity index (χ0n) is 55.4. The summed E-state index contributed by atoms with van der Waals surface area (Å²) in [4.78, 5) is 171. The fraction of sp³-hybridized carbons (Fsp3) is 0.734. The predicted molar refractivity (Wildman–Crippen MR) is 333 cm³/mol. The van der Waals surface area contributed by atoms with Crippen molar-refractivity contribution >= 4 is 76.6 Å². The van der Waals surface area contributed by atoms with Crippen LogP contribution in [-0.4, -0.2) is 239 Å². The summed E-state index contributed by atoms with van der Waals surface area (Å²) in [6.45, 7) is 8.32. The number of nitrogens with zero attached hydrogens (tertiary/aromatic N) is 9. The van der Waals surface area contributed by atoms with Gasteiger partial charge in [0.05, 0.1) is 30.2 Å². The molecule has 90 heavy (non-hydrogen) atoms. The van der Waals surface area contributed by atoms with Crippen molar-refractivity contribution in [2.45, 2.75) is 205 Å². The first-order valence-electron chi connectivity index (χ1n) is 31.9. The van der Waals surface area contributed by atoms with Crippen molar-refractivity contribution in [2.75, 3.05) is 82.6 Å². The van der Waals surface area contributed by atoms with E-state index in [2.05, 4.69) is 10.6 Å². The summed E-state index contributed by atoms with van der Waals surface area (Å²) in [6.07, 6.45) is 4.13. The van der Waals surface area contributed by atoms with Crippen molar-refractivity contribution in [3.05, 3.63) is 34.3 Å². The summed E-state index contributed by atoms with van der Waals surface area (Å²) in [5, 5.41) is 4.98. The molecule has 2 heterocycles. The predicted octanol–water partition coefficient (Wildman–Crippen LogP) is 5.21. The third-order valence-corrected chi connectivity index (χ3v) is 19.9. The van der Waals surface area contributed by atoms with Gasteiger partial charge < -0.3 is 54.7 Å². The fourth-order valence-corrected chi connectivity index (χ4v) is 13.1. The zero-order chi connectivity index (χ0) is 67.4. The van der Waals surface area contributed by atoms with Gasteiger partial charge in [-0.25, -0.2) is 0 Å². The monoisotopic (exact) mass is 1290 g/mol. The van der Waals surface area contributed by atoms with E-state index in [1.165, 1.54) is 91.7 Å². The molecular formula is C64H99ClF3N11O11. The van der Waals surface area contributed by atoms with Crippen LogP contribution < -0.4 is 10.6 Å². The number of fused-ring (bicyclic) bond motifs is 1. The molecule has 1 aromatic rings. The van der Waals surface area contributed by atoms with Gasteiger partial charge in [-0.1, -0.05) is 89.3 Å². The summed E-state index contributed by atoms with van der Waals surface area (Å²) in [5.74, 6) is -7.43. The number of likely N-dealkylation sites (N-methyl/N-ethyl adjacent to an activating group) is 8. The Labute approximate surface area is 534 Å². The third kappa shape index (κ3) is 18.4. The molecule has 2 aliphatic carbocycles. The summed E-state index contributed by atoms with van der Waals surface area (Å²) in [7, 11) is 11.5. The second kappa shape index (κ2) is 32.2. The SMILES string of the molecule is CCC(C)[C@@H]1NC(=O)[C@H](C)N(C)C(=O)C[C@@H](C)N(C)C(=O)[C@H](C2CCCCC2)N(C)C(=O)C(C)(C)N(C)C(=O)[C@@H]2CCCN2C(=O)[C@H](CCc2ccc(C(F)(F)F)c(Cl)c2)NC(=O)CN(C)C(=O)[C@H](CC2CCCCC2)N(C)C(=O)CN(C)C(=O)CN(C)C1=O.